The summed E-state index contributed by atoms with van der Waals surface area (Å²) in [5.41, 5.74) is 1.71. The first-order valence-corrected chi connectivity index (χ1v) is 9.24. The first kappa shape index (κ1) is 22.7. The normalized spacial score (nSPS) is 11.8. The van der Waals surface area contributed by atoms with Gasteiger partial charge in [0.15, 0.2) is 11.5 Å². The fourth-order valence-electron chi connectivity index (χ4n) is 2.98. The molecule has 0 radical (unpaired) electrons. The van der Waals surface area contributed by atoms with Crippen LogP contribution in [0.4, 0.5) is 13.2 Å². The third-order valence-electron chi connectivity index (χ3n) is 4.43. The molecule has 0 unspecified atom stereocenters. The molecule has 0 amide bonds. The topological polar surface area (TPSA) is 49.0 Å². The maximum atomic E-state index is 12.8. The Labute approximate surface area is 168 Å². The van der Waals surface area contributed by atoms with Crippen molar-refractivity contribution < 1.29 is 32.1 Å². The van der Waals surface area contributed by atoms with Crippen molar-refractivity contribution in [3.05, 3.63) is 47.5 Å². The lowest BCUT2D eigenvalue weighted by Gasteiger charge is -2.18. The number of benzene rings is 2. The number of methoxy groups -OCH3 is 1. The molecular formula is C21H26F3NO4. The monoisotopic (exact) mass is 413 g/mol. The van der Waals surface area contributed by atoms with Crippen molar-refractivity contribution in [2.24, 2.45) is 0 Å². The third kappa shape index (κ3) is 6.45. The molecule has 2 aromatic carbocycles. The largest absolute Gasteiger partial charge is 0.497 e. The summed E-state index contributed by atoms with van der Waals surface area (Å²) in [7, 11) is 1.62. The Balaban J connectivity index is 2.00. The van der Waals surface area contributed by atoms with Gasteiger partial charge >= 0.3 is 0 Å². The van der Waals surface area contributed by atoms with Crippen LogP contribution in [0.2, 0.25) is 0 Å². The summed E-state index contributed by atoms with van der Waals surface area (Å²) in [6, 6.07) is 11.0. The lowest BCUT2D eigenvalue weighted by atomic mass is 10.1. The first-order valence-electron chi connectivity index (χ1n) is 9.24. The molecule has 0 aliphatic rings. The van der Waals surface area contributed by atoms with E-state index in [1.165, 1.54) is 6.07 Å². The Hall–Kier alpha value is -2.61. The van der Waals surface area contributed by atoms with Gasteiger partial charge in [-0.15, -0.1) is 0 Å². The van der Waals surface area contributed by atoms with E-state index in [0.29, 0.717) is 24.9 Å². The van der Waals surface area contributed by atoms with Crippen molar-refractivity contribution in [3.63, 3.8) is 0 Å². The Morgan fingerprint density at radius 2 is 1.66 bits per heavy atom. The molecule has 160 valence electrons. The summed E-state index contributed by atoms with van der Waals surface area (Å²) >= 11 is 0. The second-order valence-electron chi connectivity index (χ2n) is 6.20. The molecule has 0 saturated heterocycles. The van der Waals surface area contributed by atoms with Crippen LogP contribution in [0.5, 0.6) is 23.0 Å². The average Bonchev–Trinajstić information content (AvgIpc) is 2.74. The minimum absolute atomic E-state index is 0.0249. The van der Waals surface area contributed by atoms with Gasteiger partial charge in [0.25, 0.3) is 0 Å². The first-order chi connectivity index (χ1) is 14.1. The Morgan fingerprint density at radius 1 is 0.931 bits per heavy atom. The standard InChI is InChI=1S/C21H26F3NO4/c1-15(17-5-3-7-18(11-17)26-2)25-10-4-6-16-8-9-19(27-12-22)21(29-14-24)20(16)28-13-23/h3,5,7-9,11,15,25H,4,6,10,12-14H2,1-2H3/t15-/m1/s1. The van der Waals surface area contributed by atoms with E-state index in [4.69, 9.17) is 18.9 Å². The number of nitrogens with one attached hydrogen (secondary N) is 1. The van der Waals surface area contributed by atoms with Crippen LogP contribution in [-0.2, 0) is 6.42 Å². The van der Waals surface area contributed by atoms with Crippen LogP contribution < -0.4 is 24.3 Å². The van der Waals surface area contributed by atoms with E-state index < -0.39 is 20.6 Å². The molecule has 0 aliphatic carbocycles. The van der Waals surface area contributed by atoms with Crippen molar-refractivity contribution in [2.45, 2.75) is 25.8 Å². The molecule has 2 aromatic rings. The number of aryl methyl sites for hydroxylation is 1. The predicted octanol–water partition coefficient (Wildman–Crippen LogP) is 4.90. The van der Waals surface area contributed by atoms with Crippen LogP contribution in [-0.4, -0.2) is 34.2 Å². The van der Waals surface area contributed by atoms with E-state index in [9.17, 15) is 13.2 Å². The second kappa shape index (κ2) is 12.1. The summed E-state index contributed by atoms with van der Waals surface area (Å²) in [6.45, 7) is -0.699. The van der Waals surface area contributed by atoms with Gasteiger partial charge in [0.2, 0.25) is 26.3 Å². The highest BCUT2D eigenvalue weighted by molar-refractivity contribution is 5.56. The van der Waals surface area contributed by atoms with E-state index in [-0.39, 0.29) is 23.3 Å². The van der Waals surface area contributed by atoms with Crippen molar-refractivity contribution in [2.75, 3.05) is 34.2 Å². The zero-order valence-electron chi connectivity index (χ0n) is 16.6. The molecule has 5 nitrogen and oxygen atoms in total. The molecule has 0 aliphatic heterocycles. The quantitative estimate of drug-likeness (QED) is 0.474. The van der Waals surface area contributed by atoms with Gasteiger partial charge < -0.3 is 24.3 Å². The maximum absolute atomic E-state index is 12.8. The van der Waals surface area contributed by atoms with Crippen molar-refractivity contribution in [1.29, 1.82) is 0 Å². The van der Waals surface area contributed by atoms with Crippen molar-refractivity contribution >= 4 is 0 Å². The van der Waals surface area contributed by atoms with Crippen molar-refractivity contribution in [3.8, 4) is 23.0 Å². The molecule has 0 fully saturated rings. The molecule has 0 heterocycles. The number of halogens is 3. The van der Waals surface area contributed by atoms with Crippen molar-refractivity contribution in [1.82, 2.24) is 5.32 Å². The summed E-state index contributed by atoms with van der Waals surface area (Å²) in [5, 5.41) is 3.41. The van der Waals surface area contributed by atoms with E-state index >= 15 is 0 Å². The van der Waals surface area contributed by atoms with Gasteiger partial charge in [0.05, 0.1) is 7.11 Å². The van der Waals surface area contributed by atoms with Gasteiger partial charge in [-0.3, -0.25) is 0 Å². The molecule has 0 aromatic heterocycles. The lowest BCUT2D eigenvalue weighted by molar-refractivity contribution is 0.139. The average molecular weight is 413 g/mol. The molecule has 0 bridgehead atoms. The summed E-state index contributed by atoms with van der Waals surface area (Å²) in [4.78, 5) is 0. The van der Waals surface area contributed by atoms with E-state index in [0.717, 1.165) is 11.3 Å². The van der Waals surface area contributed by atoms with Crippen LogP contribution in [0.1, 0.15) is 30.5 Å². The number of alkyl halides is 3. The van der Waals surface area contributed by atoms with Crippen LogP contribution >= 0.6 is 0 Å². The SMILES string of the molecule is COc1cccc([C@@H](C)NCCCc2ccc(OCF)c(OCF)c2OCF)c1. The highest BCUT2D eigenvalue weighted by atomic mass is 19.1. The van der Waals surface area contributed by atoms with Crippen LogP contribution in [0, 0.1) is 0 Å². The van der Waals surface area contributed by atoms with Gasteiger partial charge in [-0.05, 0) is 55.6 Å². The number of hydrogen-bond acceptors (Lipinski definition) is 5. The lowest BCUT2D eigenvalue weighted by Crippen LogP contribution is -2.20. The zero-order chi connectivity index (χ0) is 21.1. The molecule has 1 N–H and O–H groups in total. The second-order valence-corrected chi connectivity index (χ2v) is 6.20. The fourth-order valence-corrected chi connectivity index (χ4v) is 2.98. The van der Waals surface area contributed by atoms with Gasteiger partial charge in [0, 0.05) is 6.04 Å². The number of ether oxygens (including phenoxy) is 4. The minimum Gasteiger partial charge on any atom is -0.497 e. The third-order valence-corrected chi connectivity index (χ3v) is 4.43. The van der Waals surface area contributed by atoms with E-state index in [2.05, 4.69) is 5.32 Å². The fraction of sp³-hybridized carbons (Fsp3) is 0.429. The van der Waals surface area contributed by atoms with Gasteiger partial charge in [0.1, 0.15) is 5.75 Å². The highest BCUT2D eigenvalue weighted by Crippen LogP contribution is 2.41. The maximum Gasteiger partial charge on any atom is 0.229 e. The van der Waals surface area contributed by atoms with Gasteiger partial charge in [-0.25, -0.2) is 13.2 Å². The van der Waals surface area contributed by atoms with Crippen LogP contribution in [0.3, 0.4) is 0 Å². The summed E-state index contributed by atoms with van der Waals surface area (Å²) < 4.78 is 57.9. The van der Waals surface area contributed by atoms with E-state index in [1.54, 1.807) is 13.2 Å². The summed E-state index contributed by atoms with van der Waals surface area (Å²) in [5.74, 6) is 0.636. The van der Waals surface area contributed by atoms with E-state index in [1.807, 2.05) is 31.2 Å². The molecular weight excluding hydrogens is 387 g/mol. The van der Waals surface area contributed by atoms with Gasteiger partial charge in [-0.2, -0.15) is 0 Å². The number of rotatable bonds is 13. The molecule has 29 heavy (non-hydrogen) atoms. The summed E-state index contributed by atoms with van der Waals surface area (Å²) in [6.07, 6.45) is 1.22. The number of hydrogen-bond donors (Lipinski definition) is 1. The predicted molar refractivity (Wildman–Crippen MR) is 104 cm³/mol. The highest BCUT2D eigenvalue weighted by Gasteiger charge is 2.18. The smallest absolute Gasteiger partial charge is 0.229 e. The Kier molecular flexibility index (Phi) is 9.43. The molecule has 0 spiro atoms. The zero-order valence-corrected chi connectivity index (χ0v) is 16.6. The van der Waals surface area contributed by atoms with Gasteiger partial charge in [-0.1, -0.05) is 18.2 Å². The molecule has 8 heteroatoms. The van der Waals surface area contributed by atoms with Crippen LogP contribution in [0.15, 0.2) is 36.4 Å². The Morgan fingerprint density at radius 3 is 2.34 bits per heavy atom. The Bertz CT molecular complexity index is 761. The minimum atomic E-state index is -1.17. The van der Waals surface area contributed by atoms with Crippen LogP contribution in [0.25, 0.3) is 0 Å². The molecule has 1 atom stereocenters. The molecule has 0 saturated carbocycles. The molecule has 2 rings (SSSR count).